The third-order valence-electron chi connectivity index (χ3n) is 5.50. The second kappa shape index (κ2) is 9.43. The first kappa shape index (κ1) is 22.7. The average molecular weight is 447 g/mol. The van der Waals surface area contributed by atoms with Gasteiger partial charge in [0.15, 0.2) is 0 Å². The average Bonchev–Trinajstić information content (AvgIpc) is 3.03. The van der Waals surface area contributed by atoms with E-state index < -0.39 is 0 Å². The van der Waals surface area contributed by atoms with Gasteiger partial charge in [-0.3, -0.25) is 4.79 Å². The van der Waals surface area contributed by atoms with Crippen LogP contribution in [0.5, 0.6) is 0 Å². The summed E-state index contributed by atoms with van der Waals surface area (Å²) < 4.78 is 5.31. The Hall–Kier alpha value is -1.99. The van der Waals surface area contributed by atoms with Gasteiger partial charge in [0.1, 0.15) is 5.00 Å². The van der Waals surface area contributed by atoms with Gasteiger partial charge < -0.3 is 15.8 Å². The highest BCUT2D eigenvalue weighted by Crippen LogP contribution is 2.44. The van der Waals surface area contributed by atoms with Gasteiger partial charge in [-0.05, 0) is 55.2 Å². The number of hydrogen-bond acceptors (Lipinski definition) is 6. The molecule has 1 atom stereocenters. The SMILES string of the molecule is CCOC(=O)c1c(NC(=O)CSc2ccccc2N)sc2c1CC[C@@H](C(C)(C)C)C2. The van der Waals surface area contributed by atoms with Crippen molar-refractivity contribution in [1.82, 2.24) is 0 Å². The van der Waals surface area contributed by atoms with Gasteiger partial charge in [0.05, 0.1) is 17.9 Å². The molecular weight excluding hydrogens is 416 g/mol. The molecule has 1 aliphatic carbocycles. The number of thiophene rings is 1. The van der Waals surface area contributed by atoms with Gasteiger partial charge >= 0.3 is 5.97 Å². The van der Waals surface area contributed by atoms with E-state index in [1.165, 1.54) is 28.0 Å². The maximum Gasteiger partial charge on any atom is 0.341 e. The number of carbonyl (C=O) groups excluding carboxylic acids is 2. The number of ether oxygens (including phenoxy) is 1. The van der Waals surface area contributed by atoms with E-state index in [0.29, 0.717) is 28.8 Å². The highest BCUT2D eigenvalue weighted by atomic mass is 32.2. The summed E-state index contributed by atoms with van der Waals surface area (Å²) in [4.78, 5) is 27.4. The number of nitrogens with two attached hydrogens (primary N) is 1. The fraction of sp³-hybridized carbons (Fsp3) is 0.478. The normalized spacial score (nSPS) is 16.1. The van der Waals surface area contributed by atoms with E-state index in [1.807, 2.05) is 24.3 Å². The van der Waals surface area contributed by atoms with E-state index in [9.17, 15) is 9.59 Å². The first-order valence-corrected chi connectivity index (χ1v) is 12.1. The number of amides is 1. The summed E-state index contributed by atoms with van der Waals surface area (Å²) in [6.07, 6.45) is 2.81. The van der Waals surface area contributed by atoms with Crippen LogP contribution in [0.3, 0.4) is 0 Å². The van der Waals surface area contributed by atoms with Gasteiger partial charge in [0, 0.05) is 15.5 Å². The van der Waals surface area contributed by atoms with Gasteiger partial charge in [0.2, 0.25) is 5.91 Å². The minimum Gasteiger partial charge on any atom is -0.462 e. The number of nitrogens with one attached hydrogen (secondary N) is 1. The molecule has 3 N–H and O–H groups in total. The largest absolute Gasteiger partial charge is 0.462 e. The van der Waals surface area contributed by atoms with E-state index in [2.05, 4.69) is 26.1 Å². The fourth-order valence-electron chi connectivity index (χ4n) is 3.75. The molecule has 1 aromatic heterocycles. The Morgan fingerprint density at radius 2 is 2.03 bits per heavy atom. The molecule has 30 heavy (non-hydrogen) atoms. The molecule has 0 saturated carbocycles. The predicted molar refractivity (Wildman–Crippen MR) is 125 cm³/mol. The molecule has 1 aromatic carbocycles. The molecular formula is C23H30N2O3S2. The van der Waals surface area contributed by atoms with Gasteiger partial charge in [-0.2, -0.15) is 0 Å². The molecule has 0 spiro atoms. The number of benzene rings is 1. The van der Waals surface area contributed by atoms with Gasteiger partial charge in [0.25, 0.3) is 0 Å². The van der Waals surface area contributed by atoms with E-state index >= 15 is 0 Å². The lowest BCUT2D eigenvalue weighted by atomic mass is 9.72. The van der Waals surface area contributed by atoms with Crippen molar-refractivity contribution in [2.45, 2.75) is 51.9 Å². The quantitative estimate of drug-likeness (QED) is 0.353. The summed E-state index contributed by atoms with van der Waals surface area (Å²) in [6, 6.07) is 7.48. The number of rotatable bonds is 6. The molecule has 0 aliphatic heterocycles. The van der Waals surface area contributed by atoms with Crippen LogP contribution in [-0.2, 0) is 22.4 Å². The van der Waals surface area contributed by atoms with Crippen molar-refractivity contribution >= 4 is 45.7 Å². The highest BCUT2D eigenvalue weighted by molar-refractivity contribution is 8.00. The summed E-state index contributed by atoms with van der Waals surface area (Å²) in [6.45, 7) is 8.89. The molecule has 162 valence electrons. The Balaban J connectivity index is 1.79. The van der Waals surface area contributed by atoms with Crippen LogP contribution < -0.4 is 11.1 Å². The molecule has 7 heteroatoms. The van der Waals surface area contributed by atoms with Crippen molar-refractivity contribution in [1.29, 1.82) is 0 Å². The Morgan fingerprint density at radius 3 is 2.70 bits per heavy atom. The van der Waals surface area contributed by atoms with E-state index in [1.54, 1.807) is 6.92 Å². The molecule has 2 aromatic rings. The van der Waals surface area contributed by atoms with Crippen molar-refractivity contribution in [2.75, 3.05) is 23.4 Å². The van der Waals surface area contributed by atoms with Crippen molar-refractivity contribution in [3.05, 3.63) is 40.3 Å². The lowest BCUT2D eigenvalue weighted by molar-refractivity contribution is -0.113. The maximum atomic E-state index is 12.7. The molecule has 1 heterocycles. The van der Waals surface area contributed by atoms with Crippen molar-refractivity contribution in [2.24, 2.45) is 11.3 Å². The monoisotopic (exact) mass is 446 g/mol. The Bertz CT molecular complexity index is 931. The number of nitrogen functional groups attached to an aromatic ring is 1. The number of hydrogen-bond donors (Lipinski definition) is 2. The van der Waals surface area contributed by atoms with Crippen LogP contribution in [0.2, 0.25) is 0 Å². The topological polar surface area (TPSA) is 81.4 Å². The third kappa shape index (κ3) is 5.19. The van der Waals surface area contributed by atoms with Crippen LogP contribution >= 0.6 is 23.1 Å². The second-order valence-electron chi connectivity index (χ2n) is 8.61. The molecule has 0 fully saturated rings. The predicted octanol–water partition coefficient (Wildman–Crippen LogP) is 5.39. The number of thioether (sulfide) groups is 1. The second-order valence-corrected chi connectivity index (χ2v) is 10.7. The zero-order valence-corrected chi connectivity index (χ0v) is 19.7. The molecule has 5 nitrogen and oxygen atoms in total. The van der Waals surface area contributed by atoms with Crippen LogP contribution in [0.4, 0.5) is 10.7 Å². The van der Waals surface area contributed by atoms with Crippen LogP contribution in [0.1, 0.15) is 54.9 Å². The van der Waals surface area contributed by atoms with Gasteiger partial charge in [-0.1, -0.05) is 32.9 Å². The Kier molecular flexibility index (Phi) is 7.14. The maximum absolute atomic E-state index is 12.7. The van der Waals surface area contributed by atoms with Crippen molar-refractivity contribution in [3.63, 3.8) is 0 Å². The lowest BCUT2D eigenvalue weighted by Gasteiger charge is -2.33. The summed E-state index contributed by atoms with van der Waals surface area (Å²) in [7, 11) is 0. The first-order valence-electron chi connectivity index (χ1n) is 10.3. The fourth-order valence-corrected chi connectivity index (χ4v) is 5.85. The summed E-state index contributed by atoms with van der Waals surface area (Å²) in [5, 5.41) is 3.58. The lowest BCUT2D eigenvalue weighted by Crippen LogP contribution is -2.26. The standard InChI is InChI=1S/C23H30N2O3S2/c1-5-28-22(27)20-15-11-10-14(23(2,3)4)12-18(15)30-21(20)25-19(26)13-29-17-9-7-6-8-16(17)24/h6-9,14H,5,10-13,24H2,1-4H3,(H,25,26)/t14-/m1/s1. The van der Waals surface area contributed by atoms with Crippen LogP contribution in [-0.4, -0.2) is 24.2 Å². The number of fused-ring (bicyclic) bond motifs is 1. The van der Waals surface area contributed by atoms with Crippen LogP contribution in [0.25, 0.3) is 0 Å². The van der Waals surface area contributed by atoms with E-state index in [4.69, 9.17) is 10.5 Å². The Morgan fingerprint density at radius 1 is 1.30 bits per heavy atom. The zero-order chi connectivity index (χ0) is 21.9. The minimum absolute atomic E-state index is 0.153. The van der Waals surface area contributed by atoms with Crippen molar-refractivity contribution < 1.29 is 14.3 Å². The number of anilines is 2. The molecule has 1 amide bonds. The zero-order valence-electron chi connectivity index (χ0n) is 18.0. The molecule has 1 aliphatic rings. The number of para-hydroxylation sites is 1. The molecule has 0 unspecified atom stereocenters. The molecule has 0 radical (unpaired) electrons. The van der Waals surface area contributed by atoms with Crippen LogP contribution in [0.15, 0.2) is 29.2 Å². The van der Waals surface area contributed by atoms with Gasteiger partial charge in [-0.15, -0.1) is 23.1 Å². The first-order chi connectivity index (χ1) is 14.2. The smallest absolute Gasteiger partial charge is 0.341 e. The highest BCUT2D eigenvalue weighted by Gasteiger charge is 2.34. The van der Waals surface area contributed by atoms with Crippen molar-refractivity contribution in [3.8, 4) is 0 Å². The molecule has 0 bridgehead atoms. The molecule has 0 saturated heterocycles. The summed E-state index contributed by atoms with van der Waals surface area (Å²) in [5.41, 5.74) is 8.42. The Labute approximate surface area is 186 Å². The van der Waals surface area contributed by atoms with E-state index in [-0.39, 0.29) is 23.0 Å². The minimum atomic E-state index is -0.348. The summed E-state index contributed by atoms with van der Waals surface area (Å²) in [5.74, 6) is 0.280. The number of carbonyl (C=O) groups is 2. The van der Waals surface area contributed by atoms with Gasteiger partial charge in [-0.25, -0.2) is 4.79 Å². The third-order valence-corrected chi connectivity index (χ3v) is 7.76. The van der Waals surface area contributed by atoms with Crippen LogP contribution in [0, 0.1) is 11.3 Å². The summed E-state index contributed by atoms with van der Waals surface area (Å²) >= 11 is 2.91. The molecule has 3 rings (SSSR count). The number of esters is 1. The van der Waals surface area contributed by atoms with E-state index in [0.717, 1.165) is 29.7 Å².